The summed E-state index contributed by atoms with van der Waals surface area (Å²) in [4.78, 5) is 32.1. The Hall–Kier alpha value is -4.15. The molecule has 12 nitrogen and oxygen atoms in total. The molecule has 2 saturated carbocycles. The number of ether oxygens (including phenoxy) is 2. The summed E-state index contributed by atoms with van der Waals surface area (Å²) in [5.74, 6) is -1.75. The number of carbonyl (C=O) groups is 2. The highest BCUT2D eigenvalue weighted by atomic mass is 35.5. The van der Waals surface area contributed by atoms with Crippen molar-refractivity contribution in [2.45, 2.75) is 115 Å². The molecule has 1 spiro atoms. The molecule has 1 aromatic heterocycles. The van der Waals surface area contributed by atoms with E-state index in [0.717, 1.165) is 56.7 Å². The Morgan fingerprint density at radius 2 is 1.55 bits per heavy atom. The summed E-state index contributed by atoms with van der Waals surface area (Å²) in [6.07, 6.45) is -2.32. The fraction of sp³-hybridized carbons (Fsp3) is 0.526. The summed E-state index contributed by atoms with van der Waals surface area (Å²) in [5, 5.41) is 15.6. The van der Waals surface area contributed by atoms with Gasteiger partial charge in [0.15, 0.2) is 0 Å². The number of halogens is 4. The maximum atomic E-state index is 14.1. The molecule has 3 aromatic rings. The molecule has 0 saturated heterocycles. The zero-order valence-corrected chi connectivity index (χ0v) is 33.5. The Bertz CT molecular complexity index is 1970. The number of carboxylic acid groups (broad SMARTS) is 1. The average Bonchev–Trinajstić information content (AvgIpc) is 2.99. The first-order valence-electron chi connectivity index (χ1n) is 17.7. The first kappa shape index (κ1) is 43.6. The maximum absolute atomic E-state index is 14.1. The second kappa shape index (κ2) is 16.1. The zero-order chi connectivity index (χ0) is 39.9. The number of carbonyl (C=O) groups excluding carboxylic acids is 1. The van der Waals surface area contributed by atoms with Gasteiger partial charge in [0.2, 0.25) is 11.8 Å². The lowest BCUT2D eigenvalue weighted by Gasteiger charge is -2.58. The lowest BCUT2D eigenvalue weighted by molar-refractivity contribution is -0.216. The number of alkyl carbamates (subject to hydrolysis) is 1. The van der Waals surface area contributed by atoms with Crippen molar-refractivity contribution < 1.29 is 45.8 Å². The summed E-state index contributed by atoms with van der Waals surface area (Å²) in [6, 6.07) is 11.0. The predicted octanol–water partition coefficient (Wildman–Crippen LogP) is 7.83. The van der Waals surface area contributed by atoms with Gasteiger partial charge in [0.1, 0.15) is 12.2 Å². The van der Waals surface area contributed by atoms with Crippen molar-refractivity contribution >= 4 is 40.4 Å². The van der Waals surface area contributed by atoms with Crippen molar-refractivity contribution in [3.05, 3.63) is 65.2 Å². The molecule has 0 aliphatic heterocycles. The number of rotatable bonds is 13. The summed E-state index contributed by atoms with van der Waals surface area (Å²) in [5.41, 5.74) is -0.268. The lowest BCUT2D eigenvalue weighted by Crippen LogP contribution is -2.62. The average molecular weight is 812 g/mol. The molecule has 0 bridgehead atoms. The molecule has 1 heterocycles. The van der Waals surface area contributed by atoms with Gasteiger partial charge in [0.25, 0.3) is 10.0 Å². The molecule has 0 unspecified atom stereocenters. The number of nitrogens with zero attached hydrogens (tertiary/aromatic N) is 2. The van der Waals surface area contributed by atoms with Gasteiger partial charge in [0.05, 0.1) is 21.6 Å². The Morgan fingerprint density at radius 1 is 0.945 bits per heavy atom. The minimum absolute atomic E-state index is 0. The predicted molar refractivity (Wildman–Crippen MR) is 203 cm³/mol. The third-order valence-corrected chi connectivity index (χ3v) is 11.2. The van der Waals surface area contributed by atoms with Gasteiger partial charge in [0, 0.05) is 29.8 Å². The van der Waals surface area contributed by atoms with E-state index in [1.807, 2.05) is 32.0 Å². The van der Waals surface area contributed by atoms with Gasteiger partial charge >= 0.3 is 18.2 Å². The highest BCUT2D eigenvalue weighted by molar-refractivity contribution is 7.92. The van der Waals surface area contributed by atoms with E-state index in [4.69, 9.17) is 9.47 Å². The number of hydrogen-bond donors (Lipinski definition) is 4. The fourth-order valence-electron chi connectivity index (χ4n) is 7.28. The highest BCUT2D eigenvalue weighted by Crippen LogP contribution is 2.56. The van der Waals surface area contributed by atoms with E-state index in [-0.39, 0.29) is 65.2 Å². The van der Waals surface area contributed by atoms with E-state index in [1.165, 1.54) is 24.3 Å². The smallest absolute Gasteiger partial charge is 0.407 e. The Morgan fingerprint density at radius 3 is 2.13 bits per heavy atom. The van der Waals surface area contributed by atoms with Crippen LogP contribution in [0.15, 0.2) is 53.4 Å². The monoisotopic (exact) mass is 811 g/mol. The van der Waals surface area contributed by atoms with E-state index in [2.05, 4.69) is 25.3 Å². The molecule has 2 fully saturated rings. The Labute approximate surface area is 325 Å². The van der Waals surface area contributed by atoms with Gasteiger partial charge in [-0.15, -0.1) is 12.4 Å². The molecule has 5 rings (SSSR count). The van der Waals surface area contributed by atoms with Gasteiger partial charge in [-0.05, 0) is 101 Å². The summed E-state index contributed by atoms with van der Waals surface area (Å²) < 4.78 is 82.9. The van der Waals surface area contributed by atoms with E-state index in [9.17, 15) is 36.3 Å². The number of benzene rings is 2. The normalized spacial score (nSPS) is 20.3. The topological polar surface area (TPSA) is 169 Å². The van der Waals surface area contributed by atoms with Crippen LogP contribution in [0, 0.1) is 24.7 Å². The molecule has 55 heavy (non-hydrogen) atoms. The number of aryl methyl sites for hydroxylation is 2. The van der Waals surface area contributed by atoms with E-state index >= 15 is 0 Å². The van der Waals surface area contributed by atoms with Gasteiger partial charge in [-0.1, -0.05) is 38.1 Å². The molecule has 2 aromatic carbocycles. The van der Waals surface area contributed by atoms with Crippen LogP contribution >= 0.6 is 12.4 Å². The van der Waals surface area contributed by atoms with Gasteiger partial charge < -0.3 is 25.2 Å². The summed E-state index contributed by atoms with van der Waals surface area (Å²) >= 11 is 0. The van der Waals surface area contributed by atoms with Crippen molar-refractivity contribution in [3.8, 4) is 17.1 Å². The molecule has 17 heteroatoms. The van der Waals surface area contributed by atoms with E-state index < -0.39 is 45.3 Å². The number of nitrogens with one attached hydrogen (secondary N) is 3. The quantitative estimate of drug-likeness (QED) is 0.134. The van der Waals surface area contributed by atoms with Crippen LogP contribution in [0.25, 0.3) is 11.3 Å². The number of aromatic carboxylic acids is 1. The minimum Gasteiger partial charge on any atom is -0.478 e. The van der Waals surface area contributed by atoms with Crippen molar-refractivity contribution in [3.63, 3.8) is 0 Å². The van der Waals surface area contributed by atoms with Gasteiger partial charge in [-0.3, -0.25) is 0 Å². The van der Waals surface area contributed by atoms with Crippen molar-refractivity contribution in [1.29, 1.82) is 0 Å². The summed E-state index contributed by atoms with van der Waals surface area (Å²) in [6.45, 7) is 11.1. The molecule has 1 atom stereocenters. The third-order valence-electron chi connectivity index (χ3n) is 9.92. The molecular weight excluding hydrogens is 763 g/mol. The number of hydrogen-bond acceptors (Lipinski definition) is 9. The van der Waals surface area contributed by atoms with Crippen LogP contribution in [0.3, 0.4) is 0 Å². The largest absolute Gasteiger partial charge is 0.478 e. The number of aromatic nitrogens is 2. The van der Waals surface area contributed by atoms with Crippen LogP contribution in [-0.2, 0) is 14.8 Å². The van der Waals surface area contributed by atoms with Gasteiger partial charge in [-0.2, -0.15) is 18.2 Å². The van der Waals surface area contributed by atoms with Crippen molar-refractivity contribution in [2.75, 3.05) is 11.3 Å². The van der Waals surface area contributed by atoms with Gasteiger partial charge in [-0.25, -0.2) is 27.7 Å². The number of sulfonamides is 1. The number of amides is 1. The molecule has 302 valence electrons. The number of anilines is 1. The first-order chi connectivity index (χ1) is 24.9. The molecule has 0 radical (unpaired) electrons. The maximum Gasteiger partial charge on any atom is 0.407 e. The fourth-order valence-corrected chi connectivity index (χ4v) is 8.27. The van der Waals surface area contributed by atoms with Crippen LogP contribution in [0.4, 0.5) is 23.9 Å². The molecule has 1 amide bonds. The standard InChI is InChI=1S/C38H48F3N5O7S.ClH/c1-22-10-8-11-23(2)31(22)29-15-30(45-33(44-29)46-54(50,51)28-13-9-12-24(14-28)32(47)48)52-21-27(16-36(6,7)38(39,40)41)42-25-17-37(18-25)19-26(20-37)43-34(49)53-35(3,4)5;/h8-15,25-27,42H,16-21H2,1-7H3,(H,43,49)(H,47,48)(H,44,45,46);1H/t25?,26?,27-,37?;/m1./s1. The zero-order valence-electron chi connectivity index (χ0n) is 31.8. The lowest BCUT2D eigenvalue weighted by atomic mass is 9.52. The molecule has 2 aliphatic carbocycles. The SMILES string of the molecule is Cc1cccc(C)c1-c1cc(OC[C@@H](CC(C)(C)C(F)(F)F)NC2CC3(CC(NC(=O)OC(C)(C)C)C3)C2)nc(NS(=O)(=O)c2cccc(C(=O)O)c2)n1.Cl. The molecule has 2 aliphatic rings. The van der Waals surface area contributed by atoms with E-state index in [1.54, 1.807) is 20.8 Å². The molecule has 4 N–H and O–H groups in total. The van der Waals surface area contributed by atoms with Crippen LogP contribution in [0.5, 0.6) is 5.88 Å². The second-order valence-corrected chi connectivity index (χ2v) is 17.9. The second-order valence-electron chi connectivity index (χ2n) is 16.2. The molecular formula is C38H49ClF3N5O7S. The highest BCUT2D eigenvalue weighted by Gasteiger charge is 2.54. The van der Waals surface area contributed by atoms with Crippen LogP contribution in [0.2, 0.25) is 0 Å². The van der Waals surface area contributed by atoms with Crippen LogP contribution in [-0.4, -0.2) is 72.1 Å². The van der Waals surface area contributed by atoms with Crippen molar-refractivity contribution in [1.82, 2.24) is 20.6 Å². The van der Waals surface area contributed by atoms with Crippen molar-refractivity contribution in [2.24, 2.45) is 10.8 Å². The van der Waals surface area contributed by atoms with Crippen LogP contribution in [0.1, 0.15) is 88.2 Å². The van der Waals surface area contributed by atoms with E-state index in [0.29, 0.717) is 11.3 Å². The number of alkyl halides is 3. The third kappa shape index (κ3) is 10.8. The number of carboxylic acids is 1. The minimum atomic E-state index is -4.49. The first-order valence-corrected chi connectivity index (χ1v) is 19.2. The summed E-state index contributed by atoms with van der Waals surface area (Å²) in [7, 11) is -4.38. The Balaban J connectivity index is 0.00000673. The van der Waals surface area contributed by atoms with Crippen LogP contribution < -0.4 is 20.1 Å². The Kier molecular flexibility index (Phi) is 12.8.